The van der Waals surface area contributed by atoms with E-state index in [0.29, 0.717) is 6.42 Å². The number of hydrogen-bond acceptors (Lipinski definition) is 2. The Hall–Kier alpha value is -1.75. The number of ether oxygens (including phenoxy) is 1. The minimum absolute atomic E-state index is 0.263. The Balaban J connectivity index is 2.75. The van der Waals surface area contributed by atoms with Gasteiger partial charge in [0.05, 0.1) is 7.11 Å². The molecule has 0 radical (unpaired) electrons. The zero-order valence-corrected chi connectivity index (χ0v) is 8.99. The van der Waals surface area contributed by atoms with Crippen LogP contribution in [0, 0.1) is 17.8 Å². The molecule has 0 spiro atoms. The van der Waals surface area contributed by atoms with Gasteiger partial charge in [0.25, 0.3) is 0 Å². The molecule has 78 valence electrons. The highest BCUT2D eigenvalue weighted by Crippen LogP contribution is 2.04. The van der Waals surface area contributed by atoms with Gasteiger partial charge in [-0.05, 0) is 18.6 Å². The average Bonchev–Trinajstić information content (AvgIpc) is 2.31. The molecule has 0 N–H and O–H groups in total. The summed E-state index contributed by atoms with van der Waals surface area (Å²) in [6, 6.07) is 9.60. The molecule has 0 saturated heterocycles. The lowest BCUT2D eigenvalue weighted by molar-refractivity contribution is -0.143. The van der Waals surface area contributed by atoms with E-state index in [2.05, 4.69) is 16.6 Å². The molecular formula is C13H14O2. The Bertz CT molecular complexity index is 371. The zero-order chi connectivity index (χ0) is 11.1. The van der Waals surface area contributed by atoms with Crippen molar-refractivity contribution in [1.29, 1.82) is 0 Å². The van der Waals surface area contributed by atoms with Gasteiger partial charge in [0.2, 0.25) is 0 Å². The molecule has 1 atom stereocenters. The van der Waals surface area contributed by atoms with Crippen LogP contribution in [-0.2, 0) is 9.53 Å². The highest BCUT2D eigenvalue weighted by molar-refractivity contribution is 5.75. The normalized spacial score (nSPS) is 11.1. The Morgan fingerprint density at radius 3 is 2.60 bits per heavy atom. The molecule has 0 aromatic heterocycles. The third-order valence-electron chi connectivity index (χ3n) is 2.06. The number of carbonyl (C=O) groups excluding carboxylic acids is 1. The van der Waals surface area contributed by atoms with Gasteiger partial charge in [0.15, 0.2) is 0 Å². The van der Waals surface area contributed by atoms with Crippen LogP contribution < -0.4 is 0 Å². The first kappa shape index (κ1) is 11.3. The summed E-state index contributed by atoms with van der Waals surface area (Å²) in [6.07, 6.45) is 0.673. The first-order valence-corrected chi connectivity index (χ1v) is 4.92. The van der Waals surface area contributed by atoms with Crippen LogP contribution in [0.4, 0.5) is 0 Å². The zero-order valence-electron chi connectivity index (χ0n) is 8.99. The predicted molar refractivity (Wildman–Crippen MR) is 59.1 cm³/mol. The van der Waals surface area contributed by atoms with E-state index in [1.807, 2.05) is 37.3 Å². The fraction of sp³-hybridized carbons (Fsp3) is 0.308. The minimum Gasteiger partial charge on any atom is -0.468 e. The van der Waals surface area contributed by atoms with Crippen molar-refractivity contribution in [2.45, 2.75) is 13.3 Å². The van der Waals surface area contributed by atoms with Crippen LogP contribution in [-0.4, -0.2) is 13.1 Å². The van der Waals surface area contributed by atoms with Crippen LogP contribution in [0.15, 0.2) is 30.3 Å². The topological polar surface area (TPSA) is 26.3 Å². The maximum absolute atomic E-state index is 11.2. The summed E-state index contributed by atoms with van der Waals surface area (Å²) >= 11 is 0. The van der Waals surface area contributed by atoms with Crippen molar-refractivity contribution in [2.75, 3.05) is 7.11 Å². The number of esters is 1. The quantitative estimate of drug-likeness (QED) is 0.543. The van der Waals surface area contributed by atoms with Gasteiger partial charge in [-0.3, -0.25) is 4.79 Å². The SMILES string of the molecule is CCC(C#Cc1ccccc1)C(=O)OC. The second-order valence-corrected chi connectivity index (χ2v) is 3.12. The highest BCUT2D eigenvalue weighted by atomic mass is 16.5. The van der Waals surface area contributed by atoms with Crippen LogP contribution in [0.5, 0.6) is 0 Å². The van der Waals surface area contributed by atoms with Crippen molar-refractivity contribution in [3.63, 3.8) is 0 Å². The number of hydrogen-bond donors (Lipinski definition) is 0. The third-order valence-corrected chi connectivity index (χ3v) is 2.06. The minimum atomic E-state index is -0.324. The summed E-state index contributed by atoms with van der Waals surface area (Å²) in [5.74, 6) is 5.28. The lowest BCUT2D eigenvalue weighted by atomic mass is 10.1. The van der Waals surface area contributed by atoms with Gasteiger partial charge in [-0.2, -0.15) is 0 Å². The number of carbonyl (C=O) groups is 1. The molecule has 2 heteroatoms. The lowest BCUT2D eigenvalue weighted by Crippen LogP contribution is -2.13. The van der Waals surface area contributed by atoms with Crippen molar-refractivity contribution in [3.05, 3.63) is 35.9 Å². The van der Waals surface area contributed by atoms with Gasteiger partial charge < -0.3 is 4.74 Å². The maximum Gasteiger partial charge on any atom is 0.320 e. The molecule has 1 rings (SSSR count). The standard InChI is InChI=1S/C13H14O2/c1-3-12(13(14)15-2)10-9-11-7-5-4-6-8-11/h4-8,12H,3H2,1-2H3. The van der Waals surface area contributed by atoms with Gasteiger partial charge in [0.1, 0.15) is 5.92 Å². The molecule has 0 aliphatic carbocycles. The Morgan fingerprint density at radius 2 is 2.07 bits per heavy atom. The molecule has 1 aromatic rings. The van der Waals surface area contributed by atoms with E-state index < -0.39 is 0 Å². The van der Waals surface area contributed by atoms with Crippen LogP contribution in [0.3, 0.4) is 0 Å². The van der Waals surface area contributed by atoms with Gasteiger partial charge >= 0.3 is 5.97 Å². The second kappa shape index (κ2) is 5.87. The van der Waals surface area contributed by atoms with Gasteiger partial charge in [-0.15, -0.1) is 0 Å². The molecular weight excluding hydrogens is 188 g/mol. The molecule has 2 nitrogen and oxygen atoms in total. The Labute approximate surface area is 90.3 Å². The van der Waals surface area contributed by atoms with Crippen molar-refractivity contribution in [2.24, 2.45) is 5.92 Å². The fourth-order valence-electron chi connectivity index (χ4n) is 1.16. The smallest absolute Gasteiger partial charge is 0.320 e. The van der Waals surface area contributed by atoms with Crippen molar-refractivity contribution in [1.82, 2.24) is 0 Å². The van der Waals surface area contributed by atoms with E-state index in [9.17, 15) is 4.79 Å². The van der Waals surface area contributed by atoms with Crippen molar-refractivity contribution >= 4 is 5.97 Å². The van der Waals surface area contributed by atoms with Gasteiger partial charge in [-0.1, -0.05) is 37.0 Å². The molecule has 0 heterocycles. The maximum atomic E-state index is 11.2. The van der Waals surface area contributed by atoms with Gasteiger partial charge in [-0.25, -0.2) is 0 Å². The van der Waals surface area contributed by atoms with Crippen LogP contribution in [0.2, 0.25) is 0 Å². The number of benzene rings is 1. The van der Waals surface area contributed by atoms with E-state index in [0.717, 1.165) is 5.56 Å². The van der Waals surface area contributed by atoms with Crippen LogP contribution in [0.1, 0.15) is 18.9 Å². The summed E-state index contributed by atoms with van der Waals surface area (Å²) in [5, 5.41) is 0. The molecule has 0 aliphatic rings. The molecule has 1 aromatic carbocycles. The molecule has 0 bridgehead atoms. The second-order valence-electron chi connectivity index (χ2n) is 3.12. The molecule has 0 amide bonds. The predicted octanol–water partition coefficient (Wildman–Crippen LogP) is 2.24. The van der Waals surface area contributed by atoms with E-state index in [-0.39, 0.29) is 11.9 Å². The molecule has 0 fully saturated rings. The summed E-state index contributed by atoms with van der Waals surface area (Å²) in [4.78, 5) is 11.2. The Morgan fingerprint density at radius 1 is 1.40 bits per heavy atom. The van der Waals surface area contributed by atoms with E-state index in [1.54, 1.807) is 0 Å². The lowest BCUT2D eigenvalue weighted by Gasteiger charge is -2.03. The average molecular weight is 202 g/mol. The summed E-state index contributed by atoms with van der Waals surface area (Å²) in [5.41, 5.74) is 0.917. The largest absolute Gasteiger partial charge is 0.468 e. The highest BCUT2D eigenvalue weighted by Gasteiger charge is 2.12. The molecule has 15 heavy (non-hydrogen) atoms. The fourth-order valence-corrected chi connectivity index (χ4v) is 1.16. The van der Waals surface area contributed by atoms with E-state index in [4.69, 9.17) is 0 Å². The summed E-state index contributed by atoms with van der Waals surface area (Å²) < 4.78 is 4.65. The van der Waals surface area contributed by atoms with Crippen LogP contribution >= 0.6 is 0 Å². The third kappa shape index (κ3) is 3.47. The van der Waals surface area contributed by atoms with E-state index >= 15 is 0 Å². The first-order chi connectivity index (χ1) is 7.27. The summed E-state index contributed by atoms with van der Waals surface area (Å²) in [6.45, 7) is 1.92. The summed E-state index contributed by atoms with van der Waals surface area (Å²) in [7, 11) is 1.38. The van der Waals surface area contributed by atoms with Crippen molar-refractivity contribution in [3.8, 4) is 11.8 Å². The number of methoxy groups -OCH3 is 1. The van der Waals surface area contributed by atoms with Gasteiger partial charge in [0, 0.05) is 5.56 Å². The van der Waals surface area contributed by atoms with Crippen molar-refractivity contribution < 1.29 is 9.53 Å². The molecule has 1 unspecified atom stereocenters. The monoisotopic (exact) mass is 202 g/mol. The number of rotatable bonds is 2. The molecule has 0 saturated carbocycles. The van der Waals surface area contributed by atoms with E-state index in [1.165, 1.54) is 7.11 Å². The Kier molecular flexibility index (Phi) is 4.43. The van der Waals surface area contributed by atoms with Crippen LogP contribution in [0.25, 0.3) is 0 Å². The molecule has 0 aliphatic heterocycles. The first-order valence-electron chi connectivity index (χ1n) is 4.92.